The fourth-order valence-electron chi connectivity index (χ4n) is 1.26. The number of amides is 1. The van der Waals surface area contributed by atoms with E-state index < -0.39 is 23.7 Å². The van der Waals surface area contributed by atoms with Gasteiger partial charge in [0.25, 0.3) is 0 Å². The van der Waals surface area contributed by atoms with Crippen molar-refractivity contribution in [2.24, 2.45) is 5.73 Å². The van der Waals surface area contributed by atoms with Crippen LogP contribution in [0, 0.1) is 6.92 Å². The molecule has 0 fully saturated rings. The van der Waals surface area contributed by atoms with Crippen LogP contribution >= 0.6 is 0 Å². The third-order valence-corrected chi connectivity index (χ3v) is 2.22. The van der Waals surface area contributed by atoms with Gasteiger partial charge in [-0.25, -0.2) is 0 Å². The molecule has 0 aromatic heterocycles. The molecule has 0 heterocycles. The highest BCUT2D eigenvalue weighted by Crippen LogP contribution is 2.33. The van der Waals surface area contributed by atoms with Gasteiger partial charge in [-0.1, -0.05) is 6.07 Å². The number of anilines is 1. The Kier molecular flexibility index (Phi) is 3.77. The number of benzene rings is 1. The maximum Gasteiger partial charge on any atom is 0.416 e. The summed E-state index contributed by atoms with van der Waals surface area (Å²) in [6.07, 6.45) is -4.43. The number of aryl methyl sites for hydroxylation is 1. The van der Waals surface area contributed by atoms with Gasteiger partial charge in [0.2, 0.25) is 5.91 Å². The SMILES string of the molecule is Cc1ccc(NC(=O)C(C)N)cc1C(F)(F)F. The molecule has 17 heavy (non-hydrogen) atoms. The molecule has 0 aliphatic carbocycles. The first-order chi connectivity index (χ1) is 7.71. The van der Waals surface area contributed by atoms with Gasteiger partial charge in [0, 0.05) is 5.69 Å². The molecule has 0 bridgehead atoms. The predicted molar refractivity (Wildman–Crippen MR) is 58.5 cm³/mol. The molecule has 1 aromatic rings. The number of hydrogen-bond donors (Lipinski definition) is 2. The fraction of sp³-hybridized carbons (Fsp3) is 0.364. The second-order valence-electron chi connectivity index (χ2n) is 3.81. The van der Waals surface area contributed by atoms with Crippen molar-refractivity contribution in [1.29, 1.82) is 0 Å². The standard InChI is InChI=1S/C11H13F3N2O/c1-6-3-4-8(16-10(17)7(2)15)5-9(6)11(12,13)14/h3-5,7H,15H2,1-2H3,(H,16,17). The van der Waals surface area contributed by atoms with Crippen LogP contribution in [0.2, 0.25) is 0 Å². The van der Waals surface area contributed by atoms with E-state index in [4.69, 9.17) is 5.73 Å². The summed E-state index contributed by atoms with van der Waals surface area (Å²) in [7, 11) is 0. The molecule has 0 aliphatic rings. The summed E-state index contributed by atoms with van der Waals surface area (Å²) in [5.74, 6) is -0.526. The Labute approximate surface area is 96.8 Å². The number of halogens is 3. The van der Waals surface area contributed by atoms with Crippen molar-refractivity contribution >= 4 is 11.6 Å². The third-order valence-electron chi connectivity index (χ3n) is 2.22. The van der Waals surface area contributed by atoms with Crippen LogP contribution in [0.3, 0.4) is 0 Å². The Bertz CT molecular complexity index is 427. The first kappa shape index (κ1) is 13.5. The molecule has 3 nitrogen and oxygen atoms in total. The largest absolute Gasteiger partial charge is 0.416 e. The van der Waals surface area contributed by atoms with E-state index in [0.29, 0.717) is 0 Å². The highest BCUT2D eigenvalue weighted by atomic mass is 19.4. The second kappa shape index (κ2) is 4.75. The number of nitrogens with one attached hydrogen (secondary N) is 1. The molecule has 1 atom stereocenters. The molecule has 3 N–H and O–H groups in total. The Hall–Kier alpha value is -1.56. The van der Waals surface area contributed by atoms with Crippen LogP contribution in [-0.2, 0) is 11.0 Å². The molecule has 0 saturated carbocycles. The summed E-state index contributed by atoms with van der Waals surface area (Å²) < 4.78 is 37.8. The number of hydrogen-bond acceptors (Lipinski definition) is 2. The van der Waals surface area contributed by atoms with Crippen LogP contribution in [0.15, 0.2) is 18.2 Å². The average Bonchev–Trinajstić information content (AvgIpc) is 2.19. The molecule has 0 spiro atoms. The molecule has 1 unspecified atom stereocenters. The van der Waals surface area contributed by atoms with Gasteiger partial charge in [-0.15, -0.1) is 0 Å². The maximum atomic E-state index is 12.6. The lowest BCUT2D eigenvalue weighted by Gasteiger charge is -2.13. The highest BCUT2D eigenvalue weighted by Gasteiger charge is 2.32. The van der Waals surface area contributed by atoms with E-state index in [1.807, 2.05) is 0 Å². The second-order valence-corrected chi connectivity index (χ2v) is 3.81. The van der Waals surface area contributed by atoms with Crippen molar-refractivity contribution in [3.8, 4) is 0 Å². The van der Waals surface area contributed by atoms with E-state index in [1.54, 1.807) is 0 Å². The van der Waals surface area contributed by atoms with Gasteiger partial charge in [0.15, 0.2) is 0 Å². The van der Waals surface area contributed by atoms with Crippen LogP contribution in [0.5, 0.6) is 0 Å². The zero-order chi connectivity index (χ0) is 13.2. The summed E-state index contributed by atoms with van der Waals surface area (Å²) in [6, 6.07) is 2.84. The van der Waals surface area contributed by atoms with Crippen molar-refractivity contribution < 1.29 is 18.0 Å². The number of carbonyl (C=O) groups excluding carboxylic acids is 1. The lowest BCUT2D eigenvalue weighted by molar-refractivity contribution is -0.138. The van der Waals surface area contributed by atoms with Crippen LogP contribution in [0.25, 0.3) is 0 Å². The van der Waals surface area contributed by atoms with Gasteiger partial charge in [0.05, 0.1) is 11.6 Å². The van der Waals surface area contributed by atoms with Crippen LogP contribution in [0.4, 0.5) is 18.9 Å². The van der Waals surface area contributed by atoms with Gasteiger partial charge < -0.3 is 11.1 Å². The predicted octanol–water partition coefficient (Wildman–Crippen LogP) is 2.30. The highest BCUT2D eigenvalue weighted by molar-refractivity contribution is 5.94. The normalized spacial score (nSPS) is 13.3. The molecule has 0 radical (unpaired) electrons. The Morgan fingerprint density at radius 3 is 2.47 bits per heavy atom. The number of carbonyl (C=O) groups is 1. The monoisotopic (exact) mass is 246 g/mol. The Balaban J connectivity index is 3.01. The Morgan fingerprint density at radius 2 is 2.00 bits per heavy atom. The van der Waals surface area contributed by atoms with Crippen molar-refractivity contribution in [3.05, 3.63) is 29.3 Å². The topological polar surface area (TPSA) is 55.1 Å². The molecule has 1 rings (SSSR count). The minimum atomic E-state index is -4.43. The minimum absolute atomic E-state index is 0.0882. The summed E-state index contributed by atoms with van der Waals surface area (Å²) in [4.78, 5) is 11.2. The van der Waals surface area contributed by atoms with Crippen LogP contribution in [0.1, 0.15) is 18.1 Å². The van der Waals surface area contributed by atoms with E-state index in [1.165, 1.54) is 26.0 Å². The lowest BCUT2D eigenvalue weighted by atomic mass is 10.1. The first-order valence-corrected chi connectivity index (χ1v) is 4.96. The van der Waals surface area contributed by atoms with Crippen molar-refractivity contribution in [1.82, 2.24) is 0 Å². The molecule has 94 valence electrons. The van der Waals surface area contributed by atoms with E-state index in [9.17, 15) is 18.0 Å². The molecule has 6 heteroatoms. The van der Waals surface area contributed by atoms with Crippen molar-refractivity contribution in [2.45, 2.75) is 26.1 Å². The minimum Gasteiger partial charge on any atom is -0.325 e. The fourth-order valence-corrected chi connectivity index (χ4v) is 1.26. The summed E-state index contributed by atoms with van der Waals surface area (Å²) >= 11 is 0. The van der Waals surface area contributed by atoms with Gasteiger partial charge in [-0.2, -0.15) is 13.2 Å². The van der Waals surface area contributed by atoms with E-state index >= 15 is 0 Å². The molecule has 0 aliphatic heterocycles. The van der Waals surface area contributed by atoms with Gasteiger partial charge in [-0.05, 0) is 31.5 Å². The quantitative estimate of drug-likeness (QED) is 0.841. The van der Waals surface area contributed by atoms with E-state index in [2.05, 4.69) is 5.32 Å². The first-order valence-electron chi connectivity index (χ1n) is 4.96. The number of nitrogens with two attached hydrogens (primary N) is 1. The maximum absolute atomic E-state index is 12.6. The average molecular weight is 246 g/mol. The van der Waals surface area contributed by atoms with Gasteiger partial charge in [0.1, 0.15) is 0 Å². The van der Waals surface area contributed by atoms with Crippen molar-refractivity contribution in [2.75, 3.05) is 5.32 Å². The lowest BCUT2D eigenvalue weighted by Crippen LogP contribution is -2.32. The summed E-state index contributed by atoms with van der Waals surface area (Å²) in [5, 5.41) is 2.32. The van der Waals surface area contributed by atoms with Crippen LogP contribution < -0.4 is 11.1 Å². The zero-order valence-electron chi connectivity index (χ0n) is 9.43. The smallest absolute Gasteiger partial charge is 0.325 e. The van der Waals surface area contributed by atoms with E-state index in [0.717, 1.165) is 6.07 Å². The van der Waals surface area contributed by atoms with E-state index in [-0.39, 0.29) is 11.3 Å². The Morgan fingerprint density at radius 1 is 1.41 bits per heavy atom. The number of alkyl halides is 3. The summed E-state index contributed by atoms with van der Waals surface area (Å²) in [5.41, 5.74) is 4.74. The third kappa shape index (κ3) is 3.45. The van der Waals surface area contributed by atoms with Gasteiger partial charge >= 0.3 is 6.18 Å². The zero-order valence-corrected chi connectivity index (χ0v) is 9.43. The molecule has 1 aromatic carbocycles. The molecular formula is C11H13F3N2O. The number of rotatable bonds is 2. The molecule has 1 amide bonds. The van der Waals surface area contributed by atoms with Crippen LogP contribution in [-0.4, -0.2) is 11.9 Å². The van der Waals surface area contributed by atoms with Crippen molar-refractivity contribution in [3.63, 3.8) is 0 Å². The van der Waals surface area contributed by atoms with Gasteiger partial charge in [-0.3, -0.25) is 4.79 Å². The molecule has 0 saturated heterocycles. The summed E-state index contributed by atoms with van der Waals surface area (Å²) in [6.45, 7) is 2.81. The molecular weight excluding hydrogens is 233 g/mol.